The fourth-order valence-corrected chi connectivity index (χ4v) is 31.3. The Labute approximate surface area is 995 Å². The van der Waals surface area contributed by atoms with Crippen LogP contribution in [-0.2, 0) is 47.9 Å². The fraction of sp³-hybridized carbons (Fsp3) is 0.200. The zero-order valence-electron chi connectivity index (χ0n) is 71.8. The topological polar surface area (TPSA) is 465 Å². The standard InChI is InChI=1S/C18H9Br3O4.C15H13Br3O4.2C14H13Br3O4.C14H7Br3O4.C10H5Br3O4.C10H3Br3O4/c19-10-7-13(20)16(14(21)8-10)25-18(24)12-6-2-4-9-3-1-5-11(15(9)12)17(22)23;16-8-4-11(17)13(12(18)5-8)22-15(21)10-3-6-1-7(10)2-9(6)14(19)20;15-9-5-10(16)12(11(17)6-9)21-14(20)8-3-1-7(2-4-8)13(18)19;2*15-7-5-10(16)12(11(17)6-7)21-14(20)9-4-2-1-3-8(9)13(18)19;2*11-5-3-6(12)10(7(13)4-5)17-9(16)2-1-8(14)15/h1-8H,(H,22,23);4-7,9-10H,1-3H2,(H,19,20);5-8H,1-4H2,(H,18,19);5-6,8-9H,1-4H2,(H,18,19);1-6H,(H,18,19);1-4H,(H,14,15);3-4H,(H,14,15)/p-7/b;;;;;2-1-;. The molecule has 0 aliphatic heterocycles. The number of carboxylic acid groups (broad SMARTS) is 7. The predicted molar refractivity (Wildman–Crippen MR) is 585 cm³/mol. The first kappa shape index (κ1) is 124. The van der Waals surface area contributed by atoms with Gasteiger partial charge < -0.3 is 102 Å². The molecular formula is C95H56Br21O28-7. The van der Waals surface area contributed by atoms with Gasteiger partial charge in [0, 0.05) is 89.6 Å². The van der Waals surface area contributed by atoms with Crippen LogP contribution in [0.5, 0.6) is 40.2 Å². The molecular weight excluding hydrogens is 3270 g/mol. The molecule has 6 unspecified atom stereocenters. The number of rotatable bonds is 19. The molecule has 28 nitrogen and oxygen atoms in total. The Kier molecular flexibility index (Phi) is 50.5. The Bertz CT molecular complexity index is 6610. The molecule has 0 radical (unpaired) electrons. The first-order valence-corrected chi connectivity index (χ1v) is 57.2. The van der Waals surface area contributed by atoms with Gasteiger partial charge in [0.1, 0.15) is 5.97 Å². The molecule has 0 N–H and O–H groups in total. The number of halogens is 21. The summed E-state index contributed by atoms with van der Waals surface area (Å²) >= 11 is 69.4. The van der Waals surface area contributed by atoms with Crippen molar-refractivity contribution >= 4 is 429 Å². The molecule has 0 aromatic heterocycles. The molecule has 758 valence electrons. The Balaban J connectivity index is 0.000000206. The smallest absolute Gasteiger partial charge is 0.390 e. The fourth-order valence-electron chi connectivity index (χ4n) is 14.3. The van der Waals surface area contributed by atoms with Crippen LogP contribution in [0.4, 0.5) is 0 Å². The summed E-state index contributed by atoms with van der Waals surface area (Å²) in [6.07, 6.45) is 7.82. The molecule has 2 bridgehead atoms. The second kappa shape index (κ2) is 58.9. The van der Waals surface area contributed by atoms with E-state index in [1.54, 1.807) is 127 Å². The van der Waals surface area contributed by atoms with E-state index in [0.29, 0.717) is 154 Å². The van der Waals surface area contributed by atoms with Crippen LogP contribution in [0.25, 0.3) is 10.8 Å². The van der Waals surface area contributed by atoms with E-state index < -0.39 is 95.3 Å². The summed E-state index contributed by atoms with van der Waals surface area (Å²) in [7, 11) is 0. The molecule has 6 atom stereocenters. The molecule has 10 aromatic rings. The average Bonchev–Trinajstić information content (AvgIpc) is 1.69. The van der Waals surface area contributed by atoms with E-state index in [0.717, 1.165) is 56.6 Å². The van der Waals surface area contributed by atoms with Gasteiger partial charge in [0.2, 0.25) is 0 Å². The number of benzene rings is 10. The zero-order chi connectivity index (χ0) is 107. The third kappa shape index (κ3) is 36.9. The van der Waals surface area contributed by atoms with Gasteiger partial charge in [-0.2, -0.15) is 0 Å². The van der Waals surface area contributed by atoms with Gasteiger partial charge in [0.15, 0.2) is 40.2 Å². The van der Waals surface area contributed by atoms with Crippen molar-refractivity contribution in [3.05, 3.63) is 274 Å². The molecule has 14 rings (SSSR count). The van der Waals surface area contributed by atoms with Crippen LogP contribution in [0.1, 0.15) is 112 Å². The lowest BCUT2D eigenvalue weighted by Crippen LogP contribution is -2.42. The average molecular weight is 3320 g/mol. The first-order valence-electron chi connectivity index (χ1n) is 40.6. The van der Waals surface area contributed by atoms with Gasteiger partial charge in [-0.1, -0.05) is 173 Å². The van der Waals surface area contributed by atoms with Crippen molar-refractivity contribution in [3.63, 3.8) is 0 Å². The summed E-state index contributed by atoms with van der Waals surface area (Å²) in [5, 5.41) is 76.4. The number of hydrogen-bond acceptors (Lipinski definition) is 28. The zero-order valence-corrected chi connectivity index (χ0v) is 105. The van der Waals surface area contributed by atoms with Crippen LogP contribution in [0, 0.1) is 59.2 Å². The van der Waals surface area contributed by atoms with Crippen molar-refractivity contribution in [2.24, 2.45) is 47.3 Å². The van der Waals surface area contributed by atoms with Crippen molar-refractivity contribution in [1.82, 2.24) is 0 Å². The van der Waals surface area contributed by atoms with Crippen molar-refractivity contribution in [2.75, 3.05) is 0 Å². The second-order valence-electron chi connectivity index (χ2n) is 30.2. The number of carbonyl (C=O) groups is 14. The molecule has 4 aliphatic rings. The van der Waals surface area contributed by atoms with E-state index in [9.17, 15) is 103 Å². The van der Waals surface area contributed by atoms with Crippen LogP contribution < -0.4 is 68.9 Å². The van der Waals surface area contributed by atoms with Gasteiger partial charge in [-0.15, -0.1) is 0 Å². The third-order valence-electron chi connectivity index (χ3n) is 20.7. The van der Waals surface area contributed by atoms with Crippen LogP contribution in [-0.4, -0.2) is 83.6 Å². The molecule has 4 aliphatic carbocycles. The number of fused-ring (bicyclic) bond motifs is 3. The summed E-state index contributed by atoms with van der Waals surface area (Å²) in [5.41, 5.74) is -0.191. The second-order valence-corrected chi connectivity index (χ2v) is 48.6. The number of ether oxygens (including phenoxy) is 7. The number of aromatic carboxylic acids is 2. The largest absolute Gasteiger partial charge is 0.550 e. The van der Waals surface area contributed by atoms with Crippen molar-refractivity contribution < 1.29 is 136 Å². The molecule has 0 spiro atoms. The highest BCUT2D eigenvalue weighted by atomic mass is 79.9. The van der Waals surface area contributed by atoms with E-state index in [-0.39, 0.29) is 75.1 Å². The van der Waals surface area contributed by atoms with E-state index >= 15 is 0 Å². The van der Waals surface area contributed by atoms with Gasteiger partial charge in [0.25, 0.3) is 0 Å². The minimum atomic E-state index is -1.64. The first-order chi connectivity index (χ1) is 67.7. The molecule has 49 heteroatoms. The molecule has 4 saturated carbocycles. The van der Waals surface area contributed by atoms with Crippen LogP contribution >= 0.6 is 335 Å². The number of hydrogen-bond donors (Lipinski definition) is 0. The highest BCUT2D eigenvalue weighted by molar-refractivity contribution is 9.14. The van der Waals surface area contributed by atoms with Gasteiger partial charge in [0.05, 0.1) is 109 Å². The maximum absolute atomic E-state index is 12.7. The normalized spacial score (nSPS) is 16.6. The lowest BCUT2D eigenvalue weighted by Gasteiger charge is -2.30. The maximum Gasteiger partial charge on any atom is 0.390 e. The van der Waals surface area contributed by atoms with Gasteiger partial charge >= 0.3 is 41.8 Å². The molecule has 144 heavy (non-hydrogen) atoms. The Morgan fingerprint density at radius 2 is 0.583 bits per heavy atom. The van der Waals surface area contributed by atoms with E-state index in [2.05, 4.69) is 335 Å². The Morgan fingerprint density at radius 3 is 0.931 bits per heavy atom. The summed E-state index contributed by atoms with van der Waals surface area (Å²) < 4.78 is 50.9. The molecule has 0 heterocycles. The molecule has 4 fully saturated rings. The maximum atomic E-state index is 12.7. The lowest BCUT2D eigenvalue weighted by atomic mass is 9.79. The van der Waals surface area contributed by atoms with E-state index in [1.165, 1.54) is 30.3 Å². The van der Waals surface area contributed by atoms with Gasteiger partial charge in [-0.3, -0.25) is 14.4 Å². The summed E-state index contributed by atoms with van der Waals surface area (Å²) in [6, 6.07) is 39.7. The monoisotopic (exact) mass is 3300 g/mol. The third-order valence-corrected chi connectivity index (χ3v) is 32.1. The number of esters is 7. The minimum Gasteiger partial charge on any atom is -0.550 e. The van der Waals surface area contributed by atoms with Crippen molar-refractivity contribution in [2.45, 2.75) is 70.6 Å². The highest BCUT2D eigenvalue weighted by Crippen LogP contribution is 2.53. The number of carbonyl (C=O) groups excluding carboxylic acids is 14. The molecule has 0 amide bonds. The Hall–Kier alpha value is -5.58. The van der Waals surface area contributed by atoms with Crippen LogP contribution in [0.2, 0.25) is 0 Å². The van der Waals surface area contributed by atoms with Crippen molar-refractivity contribution in [3.8, 4) is 52.1 Å². The summed E-state index contributed by atoms with van der Waals surface area (Å²) in [5.74, 6) is -10.4. The van der Waals surface area contributed by atoms with E-state index in [4.69, 9.17) is 33.2 Å². The number of aliphatic carboxylic acids is 5. The van der Waals surface area contributed by atoms with Crippen molar-refractivity contribution in [1.29, 1.82) is 0 Å². The minimum absolute atomic E-state index is 0.0457. The van der Waals surface area contributed by atoms with Gasteiger partial charge in [-0.25, -0.2) is 19.2 Å². The number of carboxylic acids is 7. The molecule has 0 saturated heterocycles. The SMILES string of the molecule is O=C([O-])/C=C\C(=O)Oc1c(Br)cc(Br)cc1Br.O=C([O-])C#CC(=O)Oc1c(Br)cc(Br)cc1Br.O=C([O-])C1CC2CC1CC2C(=O)Oc1c(Br)cc(Br)cc1Br.O=C([O-])C1CCC(C(=O)Oc2c(Br)cc(Br)cc2Br)CC1.O=C([O-])C1CCCCC1C(=O)Oc1c(Br)cc(Br)cc1Br.O=C([O-])c1cccc2cccc(C(=O)Oc3c(Br)cc(Br)cc3Br)c12.O=C([O-])c1ccccc1C(=O)Oc1c(Br)cc(Br)cc1Br. The van der Waals surface area contributed by atoms with Gasteiger partial charge in [-0.05, 0) is 413 Å². The molecule has 10 aromatic carbocycles. The highest BCUT2D eigenvalue weighted by Gasteiger charge is 2.50. The summed E-state index contributed by atoms with van der Waals surface area (Å²) in [4.78, 5) is 160. The van der Waals surface area contributed by atoms with Crippen LogP contribution in [0.15, 0.2) is 252 Å². The summed E-state index contributed by atoms with van der Waals surface area (Å²) in [6.45, 7) is 0. The lowest BCUT2D eigenvalue weighted by molar-refractivity contribution is -0.315. The van der Waals surface area contributed by atoms with E-state index in [1.807, 2.05) is 0 Å². The van der Waals surface area contributed by atoms with Crippen LogP contribution in [0.3, 0.4) is 0 Å². The predicted octanol–water partition coefficient (Wildman–Crippen LogP) is 22.2. The quantitative estimate of drug-likeness (QED) is 0.0238. The Morgan fingerprint density at radius 1 is 0.278 bits per heavy atom.